The summed E-state index contributed by atoms with van der Waals surface area (Å²) in [5, 5.41) is 5.92. The molecule has 220 valence electrons. The number of benzene rings is 3. The zero-order valence-corrected chi connectivity index (χ0v) is 25.8. The number of sulfone groups is 1. The molecule has 1 aliphatic rings. The van der Waals surface area contributed by atoms with Crippen molar-refractivity contribution in [3.8, 4) is 5.75 Å². The second kappa shape index (κ2) is 12.6. The lowest BCUT2D eigenvalue weighted by molar-refractivity contribution is 0.445. The average Bonchev–Trinajstić information content (AvgIpc) is 3.58. The van der Waals surface area contributed by atoms with Crippen LogP contribution in [0.1, 0.15) is 11.1 Å². The molecule has 3 heterocycles. The van der Waals surface area contributed by atoms with Crippen LogP contribution >= 0.6 is 22.3 Å². The van der Waals surface area contributed by atoms with Crippen molar-refractivity contribution in [3.63, 3.8) is 0 Å². The fraction of sp³-hybridized carbons (Fsp3) is 0.156. The van der Waals surface area contributed by atoms with Gasteiger partial charge in [0, 0.05) is 35.8 Å². The van der Waals surface area contributed by atoms with Crippen molar-refractivity contribution in [2.24, 2.45) is 0 Å². The van der Waals surface area contributed by atoms with E-state index in [-0.39, 0.29) is 16.4 Å². The molecule has 0 bridgehead atoms. The van der Waals surface area contributed by atoms with Gasteiger partial charge in [0.25, 0.3) is 0 Å². The number of aromatic nitrogens is 3. The van der Waals surface area contributed by atoms with Crippen molar-refractivity contribution in [2.45, 2.75) is 18.8 Å². The van der Waals surface area contributed by atoms with Gasteiger partial charge < -0.3 is 18.9 Å². The van der Waals surface area contributed by atoms with Gasteiger partial charge in [0.2, 0.25) is 0 Å². The smallest absolute Gasteiger partial charge is 0.158 e. The summed E-state index contributed by atoms with van der Waals surface area (Å²) >= 11 is 6.71. The maximum Gasteiger partial charge on any atom is 0.158 e. The first kappa shape index (κ1) is 29.0. The van der Waals surface area contributed by atoms with Gasteiger partial charge in [-0.15, -0.1) is 0 Å². The lowest BCUT2D eigenvalue weighted by atomic mass is 10.2. The van der Waals surface area contributed by atoms with E-state index in [1.165, 1.54) is 23.7 Å². The molecular formula is C32H30ClN5O3S2. The number of halogens is 1. The first-order valence-electron chi connectivity index (χ1n) is 13.6. The molecule has 5 aromatic rings. The summed E-state index contributed by atoms with van der Waals surface area (Å²) in [5.41, 5.74) is 4.65. The molecule has 0 radical (unpaired) electrons. The van der Waals surface area contributed by atoms with Gasteiger partial charge in [0.05, 0.1) is 29.0 Å². The Morgan fingerprint density at radius 1 is 0.953 bits per heavy atom. The number of rotatable bonds is 11. The van der Waals surface area contributed by atoms with Crippen LogP contribution in [0.25, 0.3) is 11.0 Å². The predicted octanol–water partition coefficient (Wildman–Crippen LogP) is 6.80. The lowest BCUT2D eigenvalue weighted by Crippen LogP contribution is -2.11. The fourth-order valence-electron chi connectivity index (χ4n) is 4.75. The SMILES string of the molecule is CS(=O)(=O)CCn1ccc2ncnc(Nc3ccc(OC4=CN(Cc5ccccc5)S(Cc5ccccc5)=C4)c(Cl)c3)c21. The van der Waals surface area contributed by atoms with Crippen LogP contribution in [0, 0.1) is 0 Å². The van der Waals surface area contributed by atoms with E-state index in [9.17, 15) is 8.42 Å². The van der Waals surface area contributed by atoms with Gasteiger partial charge in [-0.05, 0) is 35.4 Å². The number of allylic oxidation sites excluding steroid dienone is 1. The molecule has 0 saturated carbocycles. The Labute approximate surface area is 258 Å². The van der Waals surface area contributed by atoms with E-state index in [0.717, 1.165) is 23.6 Å². The highest BCUT2D eigenvalue weighted by Crippen LogP contribution is 2.36. The van der Waals surface area contributed by atoms with E-state index in [0.29, 0.717) is 34.3 Å². The minimum Gasteiger partial charge on any atom is -0.454 e. The van der Waals surface area contributed by atoms with E-state index in [1.54, 1.807) is 6.07 Å². The van der Waals surface area contributed by atoms with E-state index >= 15 is 0 Å². The Morgan fingerprint density at radius 3 is 2.42 bits per heavy atom. The molecule has 0 aliphatic carbocycles. The largest absolute Gasteiger partial charge is 0.454 e. The normalized spacial score (nSPS) is 14.9. The number of hydrogen-bond acceptors (Lipinski definition) is 7. The number of aryl methyl sites for hydroxylation is 1. The van der Waals surface area contributed by atoms with Crippen molar-refractivity contribution in [3.05, 3.63) is 126 Å². The maximum atomic E-state index is 11.7. The van der Waals surface area contributed by atoms with Crippen LogP contribution in [-0.4, -0.2) is 44.6 Å². The zero-order valence-electron chi connectivity index (χ0n) is 23.4. The van der Waals surface area contributed by atoms with Gasteiger partial charge in [0.15, 0.2) is 11.6 Å². The summed E-state index contributed by atoms with van der Waals surface area (Å²) in [5.74, 6) is 2.75. The molecule has 1 unspecified atom stereocenters. The maximum absolute atomic E-state index is 11.7. The van der Waals surface area contributed by atoms with Gasteiger partial charge in [-0.3, -0.25) is 0 Å². The monoisotopic (exact) mass is 631 g/mol. The van der Waals surface area contributed by atoms with Gasteiger partial charge in [-0.25, -0.2) is 18.4 Å². The Hall–Kier alpha value is -4.12. The van der Waals surface area contributed by atoms with Crippen molar-refractivity contribution >= 4 is 60.0 Å². The highest BCUT2D eigenvalue weighted by atomic mass is 35.5. The summed E-state index contributed by atoms with van der Waals surface area (Å²) in [4.78, 5) is 8.74. The van der Waals surface area contributed by atoms with Crippen molar-refractivity contribution in [1.29, 1.82) is 0 Å². The van der Waals surface area contributed by atoms with Crippen LogP contribution in [0.15, 0.2) is 109 Å². The minimum atomic E-state index is -3.12. The molecule has 11 heteroatoms. The third-order valence-corrected chi connectivity index (χ3v) is 10.0. The van der Waals surface area contributed by atoms with Crippen molar-refractivity contribution in [1.82, 2.24) is 18.8 Å². The van der Waals surface area contributed by atoms with Crippen LogP contribution in [0.2, 0.25) is 5.02 Å². The lowest BCUT2D eigenvalue weighted by Gasteiger charge is -2.21. The average molecular weight is 632 g/mol. The number of anilines is 2. The molecule has 0 saturated heterocycles. The predicted molar refractivity (Wildman–Crippen MR) is 176 cm³/mol. The van der Waals surface area contributed by atoms with E-state index in [2.05, 4.69) is 79.7 Å². The summed E-state index contributed by atoms with van der Waals surface area (Å²) in [6.45, 7) is 1.08. The van der Waals surface area contributed by atoms with E-state index in [4.69, 9.17) is 16.3 Å². The second-order valence-electron chi connectivity index (χ2n) is 10.2. The molecule has 1 N–H and O–H groups in total. The van der Waals surface area contributed by atoms with Crippen molar-refractivity contribution < 1.29 is 13.2 Å². The topological polar surface area (TPSA) is 89.3 Å². The standard InChI is InChI=1S/C32H30ClN5O3S2/c1-43(39,40)17-16-37-15-14-29-31(37)32(35-23-34-29)36-26-12-13-30(28(33)18-26)41-27-20-38(19-24-8-4-2-5-9-24)42(22-27)21-25-10-6-3-7-11-25/h2-15,18,20,22-23H,16-17,19,21H2,1H3,(H,34,35,36). The number of hydrogen-bond donors (Lipinski definition) is 1. The molecule has 43 heavy (non-hydrogen) atoms. The first-order valence-corrected chi connectivity index (χ1v) is 17.5. The Balaban J connectivity index is 1.21. The zero-order chi connectivity index (χ0) is 29.8. The molecule has 0 amide bonds. The van der Waals surface area contributed by atoms with Gasteiger partial charge in [-0.1, -0.05) is 82.9 Å². The molecule has 6 rings (SSSR count). The minimum absolute atomic E-state index is 0.0192. The molecule has 1 aliphatic heterocycles. The number of ether oxygens (including phenoxy) is 1. The second-order valence-corrected chi connectivity index (χ2v) is 14.7. The summed E-state index contributed by atoms with van der Waals surface area (Å²) in [6, 6.07) is 28.2. The molecular weight excluding hydrogens is 602 g/mol. The number of nitrogens with zero attached hydrogens (tertiary/aromatic N) is 4. The van der Waals surface area contributed by atoms with Crippen LogP contribution < -0.4 is 10.1 Å². The van der Waals surface area contributed by atoms with Crippen molar-refractivity contribution in [2.75, 3.05) is 17.3 Å². The highest BCUT2D eigenvalue weighted by molar-refractivity contribution is 8.12. The fourth-order valence-corrected chi connectivity index (χ4v) is 7.35. The van der Waals surface area contributed by atoms with E-state index < -0.39 is 9.84 Å². The quantitative estimate of drug-likeness (QED) is 0.160. The first-order chi connectivity index (χ1) is 20.8. The molecule has 0 fully saturated rings. The summed E-state index contributed by atoms with van der Waals surface area (Å²) < 4.78 is 33.9. The van der Waals surface area contributed by atoms with E-state index in [1.807, 2.05) is 41.1 Å². The van der Waals surface area contributed by atoms with Gasteiger partial charge in [0.1, 0.15) is 27.4 Å². The number of fused-ring (bicyclic) bond motifs is 1. The van der Waals surface area contributed by atoms with Crippen LogP contribution in [0.3, 0.4) is 0 Å². The third kappa shape index (κ3) is 7.27. The third-order valence-electron chi connectivity index (χ3n) is 6.84. The Morgan fingerprint density at radius 2 is 1.70 bits per heavy atom. The molecule has 0 spiro atoms. The Kier molecular flexibility index (Phi) is 8.51. The molecule has 3 aromatic carbocycles. The van der Waals surface area contributed by atoms with Gasteiger partial charge >= 0.3 is 0 Å². The highest BCUT2D eigenvalue weighted by Gasteiger charge is 2.19. The summed E-state index contributed by atoms with van der Waals surface area (Å²) in [6.07, 6.45) is 6.58. The summed E-state index contributed by atoms with van der Waals surface area (Å²) in [7, 11) is -3.32. The van der Waals surface area contributed by atoms with Crippen LogP contribution in [0.4, 0.5) is 11.5 Å². The molecule has 1 atom stereocenters. The Bertz CT molecular complexity index is 1930. The molecule has 2 aromatic heterocycles. The molecule has 8 nitrogen and oxygen atoms in total. The van der Waals surface area contributed by atoms with Crippen LogP contribution in [0.5, 0.6) is 5.75 Å². The van der Waals surface area contributed by atoms with Gasteiger partial charge in [-0.2, -0.15) is 0 Å². The number of nitrogens with one attached hydrogen (secondary N) is 1. The van der Waals surface area contributed by atoms with Crippen LogP contribution in [-0.2, 0) is 28.7 Å².